The van der Waals surface area contributed by atoms with Crippen LogP contribution in [0.4, 0.5) is 0 Å². The van der Waals surface area contributed by atoms with Crippen LogP contribution in [-0.2, 0) is 11.4 Å². The highest BCUT2D eigenvalue weighted by molar-refractivity contribution is 9.11. The number of hydroxylamine groups is 1. The van der Waals surface area contributed by atoms with Crippen molar-refractivity contribution in [3.8, 4) is 5.75 Å². The first-order valence-corrected chi connectivity index (χ1v) is 5.55. The molecule has 0 aliphatic carbocycles. The Kier molecular flexibility index (Phi) is 4.88. The zero-order chi connectivity index (χ0) is 10.6. The largest absolute Gasteiger partial charge is 0.495 e. The predicted octanol–water partition coefficient (Wildman–Crippen LogP) is 2.87. The van der Waals surface area contributed by atoms with Crippen molar-refractivity contribution in [1.82, 2.24) is 5.48 Å². The summed E-state index contributed by atoms with van der Waals surface area (Å²) in [5.41, 5.74) is 3.80. The fourth-order valence-corrected chi connectivity index (χ4v) is 2.60. The second-order valence-electron chi connectivity index (χ2n) is 2.61. The van der Waals surface area contributed by atoms with Gasteiger partial charge < -0.3 is 9.57 Å². The minimum atomic E-state index is 0.595. The van der Waals surface area contributed by atoms with E-state index in [1.807, 2.05) is 12.1 Å². The molecule has 5 heteroatoms. The van der Waals surface area contributed by atoms with E-state index >= 15 is 0 Å². The van der Waals surface area contributed by atoms with E-state index in [-0.39, 0.29) is 0 Å². The second-order valence-corrected chi connectivity index (χ2v) is 4.38. The molecule has 0 aliphatic heterocycles. The van der Waals surface area contributed by atoms with Crippen molar-refractivity contribution in [2.75, 3.05) is 14.2 Å². The molecule has 0 aliphatic rings. The Balaban J connectivity index is 2.99. The van der Waals surface area contributed by atoms with Crippen LogP contribution in [0, 0.1) is 0 Å². The van der Waals surface area contributed by atoms with Crippen molar-refractivity contribution in [1.29, 1.82) is 0 Å². The van der Waals surface area contributed by atoms with E-state index in [0.29, 0.717) is 6.54 Å². The van der Waals surface area contributed by atoms with Crippen LogP contribution in [0.2, 0.25) is 0 Å². The number of halogens is 2. The lowest BCUT2D eigenvalue weighted by molar-refractivity contribution is 0.0861. The molecule has 0 radical (unpaired) electrons. The molecule has 1 N–H and O–H groups in total. The van der Waals surface area contributed by atoms with Gasteiger partial charge in [-0.15, -0.1) is 0 Å². The van der Waals surface area contributed by atoms with Gasteiger partial charge in [-0.1, -0.05) is 15.9 Å². The van der Waals surface area contributed by atoms with Gasteiger partial charge in [0.1, 0.15) is 5.75 Å². The lowest BCUT2D eigenvalue weighted by atomic mass is 10.2. The topological polar surface area (TPSA) is 30.5 Å². The van der Waals surface area contributed by atoms with Crippen molar-refractivity contribution in [2.45, 2.75) is 6.54 Å². The maximum absolute atomic E-state index is 5.26. The van der Waals surface area contributed by atoms with E-state index in [9.17, 15) is 0 Å². The SMILES string of the molecule is CONCc1cc(Br)cc(Br)c1OC. The first-order valence-electron chi connectivity index (χ1n) is 3.96. The van der Waals surface area contributed by atoms with E-state index < -0.39 is 0 Å². The van der Waals surface area contributed by atoms with Crippen LogP contribution in [-0.4, -0.2) is 14.2 Å². The van der Waals surface area contributed by atoms with Crippen LogP contribution in [0.5, 0.6) is 5.75 Å². The van der Waals surface area contributed by atoms with Gasteiger partial charge in [0.25, 0.3) is 0 Å². The number of rotatable bonds is 4. The summed E-state index contributed by atoms with van der Waals surface area (Å²) in [4.78, 5) is 4.79. The van der Waals surface area contributed by atoms with Gasteiger partial charge >= 0.3 is 0 Å². The zero-order valence-corrected chi connectivity index (χ0v) is 11.1. The zero-order valence-electron chi connectivity index (χ0n) is 7.93. The maximum atomic E-state index is 5.26. The minimum Gasteiger partial charge on any atom is -0.495 e. The molecular weight excluding hydrogens is 314 g/mol. The normalized spacial score (nSPS) is 10.3. The van der Waals surface area contributed by atoms with E-state index in [0.717, 1.165) is 20.3 Å². The summed E-state index contributed by atoms with van der Waals surface area (Å²) in [7, 11) is 3.23. The number of benzene rings is 1. The van der Waals surface area contributed by atoms with Gasteiger partial charge in [-0.3, -0.25) is 0 Å². The van der Waals surface area contributed by atoms with Crippen molar-refractivity contribution in [2.24, 2.45) is 0 Å². The molecular formula is C9H11Br2NO2. The predicted molar refractivity (Wildman–Crippen MR) is 62.2 cm³/mol. The van der Waals surface area contributed by atoms with E-state index in [1.54, 1.807) is 14.2 Å². The highest BCUT2D eigenvalue weighted by atomic mass is 79.9. The molecule has 14 heavy (non-hydrogen) atoms. The number of hydrogen-bond acceptors (Lipinski definition) is 3. The third kappa shape index (κ3) is 2.95. The van der Waals surface area contributed by atoms with E-state index in [2.05, 4.69) is 37.3 Å². The highest BCUT2D eigenvalue weighted by Crippen LogP contribution is 2.32. The molecule has 0 amide bonds. The molecule has 0 heterocycles. The Morgan fingerprint density at radius 2 is 2.00 bits per heavy atom. The van der Waals surface area contributed by atoms with Gasteiger partial charge in [-0.25, -0.2) is 0 Å². The Labute approximate surface area is 100.0 Å². The standard InChI is InChI=1S/C9H11Br2NO2/c1-13-9-6(5-12-14-2)3-7(10)4-8(9)11/h3-4,12H,5H2,1-2H3. The van der Waals surface area contributed by atoms with Gasteiger partial charge in [-0.05, 0) is 28.1 Å². The summed E-state index contributed by atoms with van der Waals surface area (Å²) in [6.07, 6.45) is 0. The Morgan fingerprint density at radius 3 is 2.57 bits per heavy atom. The maximum Gasteiger partial charge on any atom is 0.137 e. The van der Waals surface area contributed by atoms with Gasteiger partial charge in [0.05, 0.1) is 18.7 Å². The molecule has 0 aromatic heterocycles. The quantitative estimate of drug-likeness (QED) is 0.864. The summed E-state index contributed by atoms with van der Waals surface area (Å²) in [5.74, 6) is 0.817. The molecule has 0 unspecified atom stereocenters. The monoisotopic (exact) mass is 323 g/mol. The van der Waals surface area contributed by atoms with Crippen LogP contribution >= 0.6 is 31.9 Å². The third-order valence-electron chi connectivity index (χ3n) is 1.70. The molecule has 1 aromatic carbocycles. The average molecular weight is 325 g/mol. The van der Waals surface area contributed by atoms with E-state index in [1.165, 1.54) is 0 Å². The number of hydrogen-bond donors (Lipinski definition) is 1. The van der Waals surface area contributed by atoms with Crippen LogP contribution < -0.4 is 10.2 Å². The minimum absolute atomic E-state index is 0.595. The fraction of sp³-hybridized carbons (Fsp3) is 0.333. The Bertz CT molecular complexity index is 318. The first-order chi connectivity index (χ1) is 6.69. The second kappa shape index (κ2) is 5.70. The van der Waals surface area contributed by atoms with Crippen LogP contribution in [0.1, 0.15) is 5.56 Å². The van der Waals surface area contributed by atoms with Crippen LogP contribution in [0.25, 0.3) is 0 Å². The molecule has 1 rings (SSSR count). The van der Waals surface area contributed by atoms with Crippen molar-refractivity contribution in [3.63, 3.8) is 0 Å². The molecule has 0 bridgehead atoms. The summed E-state index contributed by atoms with van der Waals surface area (Å²) >= 11 is 6.84. The number of ether oxygens (including phenoxy) is 1. The van der Waals surface area contributed by atoms with Crippen LogP contribution in [0.3, 0.4) is 0 Å². The van der Waals surface area contributed by atoms with Crippen LogP contribution in [0.15, 0.2) is 21.1 Å². The molecule has 0 saturated heterocycles. The smallest absolute Gasteiger partial charge is 0.137 e. The summed E-state index contributed by atoms with van der Waals surface area (Å²) in [6.45, 7) is 0.595. The van der Waals surface area contributed by atoms with Crippen molar-refractivity contribution >= 4 is 31.9 Å². The molecule has 3 nitrogen and oxygen atoms in total. The lowest BCUT2D eigenvalue weighted by Crippen LogP contribution is -2.11. The average Bonchev–Trinajstić information content (AvgIpc) is 2.14. The fourth-order valence-electron chi connectivity index (χ4n) is 1.12. The van der Waals surface area contributed by atoms with Gasteiger partial charge in [0, 0.05) is 16.6 Å². The lowest BCUT2D eigenvalue weighted by Gasteiger charge is -2.11. The van der Waals surface area contributed by atoms with Gasteiger partial charge in [0.2, 0.25) is 0 Å². The first kappa shape index (κ1) is 12.0. The Morgan fingerprint density at radius 1 is 1.29 bits per heavy atom. The highest BCUT2D eigenvalue weighted by Gasteiger charge is 2.08. The molecule has 0 fully saturated rings. The third-order valence-corrected chi connectivity index (χ3v) is 2.74. The summed E-state index contributed by atoms with van der Waals surface area (Å²) in [6, 6.07) is 3.92. The number of methoxy groups -OCH3 is 1. The summed E-state index contributed by atoms with van der Waals surface area (Å²) < 4.78 is 7.18. The van der Waals surface area contributed by atoms with Crippen molar-refractivity contribution < 1.29 is 9.57 Å². The molecule has 0 spiro atoms. The molecule has 78 valence electrons. The molecule has 0 atom stereocenters. The van der Waals surface area contributed by atoms with E-state index in [4.69, 9.17) is 9.57 Å². The summed E-state index contributed by atoms with van der Waals surface area (Å²) in [5, 5.41) is 0. The van der Waals surface area contributed by atoms with Crippen molar-refractivity contribution in [3.05, 3.63) is 26.6 Å². The molecule has 1 aromatic rings. The van der Waals surface area contributed by atoms with Gasteiger partial charge in [0.15, 0.2) is 0 Å². The number of nitrogens with one attached hydrogen (secondary N) is 1. The Hall–Kier alpha value is -0.100. The van der Waals surface area contributed by atoms with Gasteiger partial charge in [-0.2, -0.15) is 5.48 Å². The molecule has 0 saturated carbocycles.